The first kappa shape index (κ1) is 23.3. The molecule has 0 bridgehead atoms. The van der Waals surface area contributed by atoms with Gasteiger partial charge in [0.15, 0.2) is 0 Å². The molecular weight excluding hydrogens is 282 g/mol. The highest BCUT2D eigenvalue weighted by Gasteiger charge is 2.03. The van der Waals surface area contributed by atoms with Crippen LogP contribution in [-0.4, -0.2) is 7.11 Å². The number of allylic oxidation sites excluding steroid dienone is 4. The fourth-order valence-electron chi connectivity index (χ4n) is 1.52. The number of hydrogen-bond acceptors (Lipinski definition) is 2. The molecule has 1 unspecified atom stereocenters. The third kappa shape index (κ3) is 12.3. The predicted octanol–water partition coefficient (Wildman–Crippen LogP) is 6.34. The van der Waals surface area contributed by atoms with Crippen LogP contribution >= 0.6 is 0 Å². The molecule has 0 aliphatic heterocycles. The smallest absolute Gasteiger partial charge is 0.118 e. The summed E-state index contributed by atoms with van der Waals surface area (Å²) in [6, 6.07) is 9.68. The van der Waals surface area contributed by atoms with E-state index in [-0.39, 0.29) is 0 Å². The van der Waals surface area contributed by atoms with Gasteiger partial charge in [-0.25, -0.2) is 0 Å². The molecule has 0 saturated heterocycles. The Bertz CT molecular complexity index is 434. The summed E-state index contributed by atoms with van der Waals surface area (Å²) < 4.78 is 4.91. The molecule has 1 atom stereocenters. The Labute approximate surface area is 144 Å². The van der Waals surface area contributed by atoms with Crippen molar-refractivity contribution in [2.24, 2.45) is 5.92 Å². The van der Waals surface area contributed by atoms with E-state index in [0.29, 0.717) is 5.92 Å². The van der Waals surface area contributed by atoms with E-state index in [0.717, 1.165) is 24.3 Å². The van der Waals surface area contributed by atoms with Crippen LogP contribution < -0.4 is 10.1 Å². The zero-order chi connectivity index (χ0) is 18.1. The Kier molecular flexibility index (Phi) is 16.6. The largest absolute Gasteiger partial charge is 0.497 e. The first-order chi connectivity index (χ1) is 11.1. The second kappa shape index (κ2) is 16.4. The van der Waals surface area contributed by atoms with Crippen LogP contribution in [0.15, 0.2) is 67.0 Å². The molecule has 0 spiro atoms. The lowest BCUT2D eigenvalue weighted by molar-refractivity contribution is 0.415. The van der Waals surface area contributed by atoms with Gasteiger partial charge in [-0.15, -0.1) is 0 Å². The molecule has 1 aromatic rings. The number of methoxy groups -OCH3 is 1. The Morgan fingerprint density at radius 2 is 1.78 bits per heavy atom. The molecule has 0 amide bonds. The van der Waals surface area contributed by atoms with Crippen molar-refractivity contribution in [1.82, 2.24) is 5.32 Å². The van der Waals surface area contributed by atoms with E-state index in [1.165, 1.54) is 5.70 Å². The van der Waals surface area contributed by atoms with Crippen molar-refractivity contribution >= 4 is 0 Å². The number of para-hydroxylation sites is 1. The van der Waals surface area contributed by atoms with E-state index < -0.39 is 0 Å². The molecule has 0 saturated carbocycles. The van der Waals surface area contributed by atoms with Gasteiger partial charge in [0.2, 0.25) is 0 Å². The van der Waals surface area contributed by atoms with Crippen molar-refractivity contribution in [3.63, 3.8) is 0 Å². The highest BCUT2D eigenvalue weighted by molar-refractivity contribution is 5.20. The summed E-state index contributed by atoms with van der Waals surface area (Å²) in [5.41, 5.74) is 2.28. The minimum Gasteiger partial charge on any atom is -0.497 e. The molecule has 0 aromatic heterocycles. The Morgan fingerprint density at radius 3 is 2.13 bits per heavy atom. The van der Waals surface area contributed by atoms with Crippen LogP contribution in [0, 0.1) is 5.92 Å². The summed E-state index contributed by atoms with van der Waals surface area (Å²) in [7, 11) is 1.66. The standard InChI is InChI=1S/C12H21N.C7H8O.C2H6/c1-6-9-12(8-3)13-11(5)10(4)7-2;1-8-7-5-3-2-4-6-7;1-2/h6,9-10,13H,1,5,7-8H2,2-4H3;2-6H,1H3;1-2H3/b12-9+;;. The second-order valence-electron chi connectivity index (χ2n) is 4.76. The minimum absolute atomic E-state index is 0.528. The van der Waals surface area contributed by atoms with Crippen LogP contribution in [0.2, 0.25) is 0 Å². The quantitative estimate of drug-likeness (QED) is 0.593. The van der Waals surface area contributed by atoms with Crippen molar-refractivity contribution in [2.45, 2.75) is 47.5 Å². The van der Waals surface area contributed by atoms with Gasteiger partial charge in [0.05, 0.1) is 7.11 Å². The summed E-state index contributed by atoms with van der Waals surface area (Å²) in [6.45, 7) is 18.1. The number of nitrogens with one attached hydrogen (secondary N) is 1. The maximum atomic E-state index is 4.91. The highest BCUT2D eigenvalue weighted by Crippen LogP contribution is 2.11. The van der Waals surface area contributed by atoms with Crippen LogP contribution in [0.5, 0.6) is 5.75 Å². The molecular formula is C21H35NO. The maximum Gasteiger partial charge on any atom is 0.118 e. The van der Waals surface area contributed by atoms with Crippen molar-refractivity contribution in [3.8, 4) is 5.75 Å². The zero-order valence-corrected chi connectivity index (χ0v) is 15.9. The van der Waals surface area contributed by atoms with E-state index in [2.05, 4.69) is 39.2 Å². The second-order valence-corrected chi connectivity index (χ2v) is 4.76. The van der Waals surface area contributed by atoms with Crippen molar-refractivity contribution in [1.29, 1.82) is 0 Å². The lowest BCUT2D eigenvalue weighted by Crippen LogP contribution is -2.16. The third-order valence-electron chi connectivity index (χ3n) is 3.21. The molecule has 1 rings (SSSR count). The first-order valence-corrected chi connectivity index (χ1v) is 8.45. The van der Waals surface area contributed by atoms with Gasteiger partial charge in [0, 0.05) is 11.4 Å². The zero-order valence-electron chi connectivity index (χ0n) is 15.9. The van der Waals surface area contributed by atoms with Crippen LogP contribution in [-0.2, 0) is 0 Å². The van der Waals surface area contributed by atoms with Gasteiger partial charge in [-0.2, -0.15) is 0 Å². The normalized spacial score (nSPS) is 11.0. The molecule has 0 heterocycles. The molecule has 23 heavy (non-hydrogen) atoms. The minimum atomic E-state index is 0.528. The molecule has 0 fully saturated rings. The average molecular weight is 318 g/mol. The van der Waals surface area contributed by atoms with Crippen molar-refractivity contribution in [2.75, 3.05) is 7.11 Å². The van der Waals surface area contributed by atoms with Gasteiger partial charge < -0.3 is 10.1 Å². The topological polar surface area (TPSA) is 21.3 Å². The monoisotopic (exact) mass is 317 g/mol. The molecule has 2 nitrogen and oxygen atoms in total. The van der Waals surface area contributed by atoms with E-state index in [1.54, 1.807) is 13.2 Å². The van der Waals surface area contributed by atoms with Crippen molar-refractivity contribution in [3.05, 3.63) is 67.0 Å². The van der Waals surface area contributed by atoms with Gasteiger partial charge in [-0.3, -0.25) is 0 Å². The molecule has 2 heteroatoms. The number of rotatable bonds is 7. The predicted molar refractivity (Wildman–Crippen MR) is 105 cm³/mol. The molecule has 0 aliphatic carbocycles. The van der Waals surface area contributed by atoms with Gasteiger partial charge in [-0.1, -0.05) is 72.1 Å². The fourth-order valence-corrected chi connectivity index (χ4v) is 1.52. The van der Waals surface area contributed by atoms with E-state index in [1.807, 2.05) is 50.3 Å². The lowest BCUT2D eigenvalue weighted by Gasteiger charge is -2.16. The summed E-state index contributed by atoms with van der Waals surface area (Å²) in [5, 5.41) is 3.31. The molecule has 0 aliphatic rings. The van der Waals surface area contributed by atoms with Gasteiger partial charge >= 0.3 is 0 Å². The first-order valence-electron chi connectivity index (χ1n) is 8.45. The fraction of sp³-hybridized carbons (Fsp3) is 0.429. The molecule has 1 N–H and O–H groups in total. The van der Waals surface area contributed by atoms with Crippen LogP contribution in [0.25, 0.3) is 0 Å². The van der Waals surface area contributed by atoms with E-state index >= 15 is 0 Å². The number of benzene rings is 1. The maximum absolute atomic E-state index is 4.91. The highest BCUT2D eigenvalue weighted by atomic mass is 16.5. The van der Waals surface area contributed by atoms with Gasteiger partial charge in [0.25, 0.3) is 0 Å². The van der Waals surface area contributed by atoms with Gasteiger partial charge in [-0.05, 0) is 37.0 Å². The summed E-state index contributed by atoms with van der Waals surface area (Å²) in [5.74, 6) is 1.44. The van der Waals surface area contributed by atoms with Crippen LogP contribution in [0.4, 0.5) is 0 Å². The molecule has 1 aromatic carbocycles. The summed E-state index contributed by atoms with van der Waals surface area (Å²) in [4.78, 5) is 0. The Morgan fingerprint density at radius 1 is 1.22 bits per heavy atom. The Hall–Kier alpha value is -1.96. The summed E-state index contributed by atoms with van der Waals surface area (Å²) in [6.07, 6.45) is 5.90. The van der Waals surface area contributed by atoms with Crippen molar-refractivity contribution < 1.29 is 4.74 Å². The lowest BCUT2D eigenvalue weighted by atomic mass is 10.1. The van der Waals surface area contributed by atoms with Crippen LogP contribution in [0.3, 0.4) is 0 Å². The molecule has 130 valence electrons. The van der Waals surface area contributed by atoms with E-state index in [4.69, 9.17) is 4.74 Å². The number of ether oxygens (including phenoxy) is 1. The van der Waals surface area contributed by atoms with E-state index in [9.17, 15) is 0 Å². The molecule has 0 radical (unpaired) electrons. The van der Waals surface area contributed by atoms with Gasteiger partial charge in [0.1, 0.15) is 5.75 Å². The summed E-state index contributed by atoms with van der Waals surface area (Å²) >= 11 is 0. The Balaban J connectivity index is 0. The van der Waals surface area contributed by atoms with Crippen LogP contribution in [0.1, 0.15) is 47.5 Å². The average Bonchev–Trinajstić information content (AvgIpc) is 2.63. The third-order valence-corrected chi connectivity index (χ3v) is 3.21. The SMILES string of the molecule is C=C/C=C(\CC)NC(=C)C(C)CC.CC.COc1ccccc1. The number of hydrogen-bond donors (Lipinski definition) is 1.